The number of hydrogen-bond donors (Lipinski definition) is 0. The van der Waals surface area contributed by atoms with Gasteiger partial charge in [-0.05, 0) is 24.7 Å². The third-order valence-electron chi connectivity index (χ3n) is 2.10. The van der Waals surface area contributed by atoms with Gasteiger partial charge in [0.2, 0.25) is 8.32 Å². The number of hydrogen-bond acceptors (Lipinski definition) is 1. The zero-order valence-corrected chi connectivity index (χ0v) is 8.81. The molecule has 0 heterocycles. The second-order valence-electron chi connectivity index (χ2n) is 2.93. The van der Waals surface area contributed by atoms with Crippen molar-refractivity contribution in [2.24, 2.45) is 0 Å². The summed E-state index contributed by atoms with van der Waals surface area (Å²) in [5, 5.41) is 0. The number of allylic oxidation sites excluding steroid dienone is 1. The number of rotatable bonds is 5. The fourth-order valence-electron chi connectivity index (χ4n) is 0.752. The van der Waals surface area contributed by atoms with Crippen molar-refractivity contribution in [1.29, 1.82) is 0 Å². The van der Waals surface area contributed by atoms with E-state index in [4.69, 9.17) is 4.43 Å². The van der Waals surface area contributed by atoms with Crippen molar-refractivity contribution in [2.75, 3.05) is 0 Å². The van der Waals surface area contributed by atoms with Gasteiger partial charge in [0.05, 0.1) is 5.76 Å². The van der Waals surface area contributed by atoms with E-state index in [1.165, 1.54) is 0 Å². The Hall–Kier alpha value is -0.503. The lowest BCUT2D eigenvalue weighted by Crippen LogP contribution is -2.31. The first-order valence-corrected chi connectivity index (χ1v) is 6.90. The lowest BCUT2D eigenvalue weighted by Gasteiger charge is -2.25. The van der Waals surface area contributed by atoms with Gasteiger partial charge in [-0.1, -0.05) is 27.0 Å². The molecule has 0 radical (unpaired) electrons. The van der Waals surface area contributed by atoms with Crippen LogP contribution in [-0.2, 0) is 4.43 Å². The second kappa shape index (κ2) is 4.39. The van der Waals surface area contributed by atoms with Gasteiger partial charge >= 0.3 is 0 Å². The maximum atomic E-state index is 5.71. The van der Waals surface area contributed by atoms with E-state index in [1.807, 2.05) is 0 Å². The lowest BCUT2D eigenvalue weighted by atomic mass is 10.6. The Morgan fingerprint density at radius 2 is 1.91 bits per heavy atom. The first kappa shape index (κ1) is 10.5. The molecule has 0 unspecified atom stereocenters. The highest BCUT2D eigenvalue weighted by Crippen LogP contribution is 2.19. The zero-order valence-electron chi connectivity index (χ0n) is 7.81. The van der Waals surface area contributed by atoms with Gasteiger partial charge in [0.1, 0.15) is 0 Å². The Labute approximate surface area is 70.9 Å². The van der Waals surface area contributed by atoms with Gasteiger partial charge in [0, 0.05) is 0 Å². The van der Waals surface area contributed by atoms with E-state index in [1.54, 1.807) is 6.08 Å². The molecule has 11 heavy (non-hydrogen) atoms. The van der Waals surface area contributed by atoms with Crippen molar-refractivity contribution < 1.29 is 4.43 Å². The van der Waals surface area contributed by atoms with Crippen molar-refractivity contribution in [2.45, 2.75) is 32.5 Å². The van der Waals surface area contributed by atoms with Crippen LogP contribution >= 0.6 is 0 Å². The molecule has 0 aromatic rings. The Bertz CT molecular complexity index is 148. The van der Waals surface area contributed by atoms with Crippen LogP contribution < -0.4 is 0 Å². The third kappa shape index (κ3) is 3.42. The van der Waals surface area contributed by atoms with Crippen molar-refractivity contribution >= 4 is 8.32 Å². The molecule has 0 aliphatic rings. The SMILES string of the molecule is C=CC(=C)O[Si](C)(CC)CC. The molecular weight excluding hydrogens is 152 g/mol. The van der Waals surface area contributed by atoms with E-state index < -0.39 is 8.32 Å². The molecule has 0 N–H and O–H groups in total. The van der Waals surface area contributed by atoms with Gasteiger partial charge in [-0.15, -0.1) is 0 Å². The molecule has 0 aromatic carbocycles. The van der Waals surface area contributed by atoms with Crippen LogP contribution in [0, 0.1) is 0 Å². The Morgan fingerprint density at radius 1 is 1.45 bits per heavy atom. The molecule has 1 nitrogen and oxygen atoms in total. The second-order valence-corrected chi connectivity index (χ2v) is 7.45. The van der Waals surface area contributed by atoms with Gasteiger partial charge in [-0.2, -0.15) is 0 Å². The van der Waals surface area contributed by atoms with Crippen LogP contribution in [0.25, 0.3) is 0 Å². The molecule has 0 saturated heterocycles. The van der Waals surface area contributed by atoms with E-state index in [-0.39, 0.29) is 0 Å². The Balaban J connectivity index is 4.06. The Morgan fingerprint density at radius 3 is 2.18 bits per heavy atom. The van der Waals surface area contributed by atoms with Crippen molar-refractivity contribution in [3.8, 4) is 0 Å². The maximum absolute atomic E-state index is 5.71. The van der Waals surface area contributed by atoms with E-state index >= 15 is 0 Å². The standard InChI is InChI=1S/C9H18OSi/c1-6-9(4)10-11(5,7-2)8-3/h6H,1,4,7-8H2,2-3,5H3. The van der Waals surface area contributed by atoms with Crippen molar-refractivity contribution in [1.82, 2.24) is 0 Å². The van der Waals surface area contributed by atoms with Crippen LogP contribution in [0.2, 0.25) is 18.6 Å². The fraction of sp³-hybridized carbons (Fsp3) is 0.556. The predicted octanol–water partition coefficient (Wildman–Crippen LogP) is 3.32. The molecule has 2 heteroatoms. The molecule has 0 amide bonds. The average Bonchev–Trinajstić information content (AvgIpc) is 2.04. The molecule has 0 aromatic heterocycles. The summed E-state index contributed by atoms with van der Waals surface area (Å²) in [6.45, 7) is 13.9. The van der Waals surface area contributed by atoms with E-state index in [0.29, 0.717) is 0 Å². The normalized spacial score (nSPS) is 10.8. The monoisotopic (exact) mass is 170 g/mol. The maximum Gasteiger partial charge on any atom is 0.247 e. The van der Waals surface area contributed by atoms with Crippen LogP contribution in [0.4, 0.5) is 0 Å². The van der Waals surface area contributed by atoms with Crippen LogP contribution in [0.3, 0.4) is 0 Å². The summed E-state index contributed by atoms with van der Waals surface area (Å²) in [6.07, 6.45) is 1.68. The predicted molar refractivity (Wildman–Crippen MR) is 53.0 cm³/mol. The van der Waals surface area contributed by atoms with Crippen LogP contribution in [-0.4, -0.2) is 8.32 Å². The van der Waals surface area contributed by atoms with Crippen LogP contribution in [0.5, 0.6) is 0 Å². The highest BCUT2D eigenvalue weighted by molar-refractivity contribution is 6.72. The van der Waals surface area contributed by atoms with Gasteiger partial charge in [0.15, 0.2) is 0 Å². The summed E-state index contributed by atoms with van der Waals surface area (Å²) < 4.78 is 5.71. The minimum absolute atomic E-state index is 0.725. The van der Waals surface area contributed by atoms with E-state index in [2.05, 4.69) is 33.6 Å². The molecule has 0 aliphatic carbocycles. The highest BCUT2D eigenvalue weighted by Gasteiger charge is 2.25. The van der Waals surface area contributed by atoms with Crippen molar-refractivity contribution in [3.05, 3.63) is 25.0 Å². The van der Waals surface area contributed by atoms with Gasteiger partial charge < -0.3 is 4.43 Å². The first-order valence-electron chi connectivity index (χ1n) is 4.08. The van der Waals surface area contributed by atoms with E-state index in [0.717, 1.165) is 17.8 Å². The summed E-state index contributed by atoms with van der Waals surface area (Å²) in [7, 11) is -1.45. The summed E-state index contributed by atoms with van der Waals surface area (Å²) in [4.78, 5) is 0. The molecule has 0 atom stereocenters. The zero-order chi connectivity index (χ0) is 8.91. The minimum atomic E-state index is -1.45. The molecule has 0 aliphatic heterocycles. The summed E-state index contributed by atoms with van der Waals surface area (Å²) in [5.41, 5.74) is 0. The molecule has 0 saturated carbocycles. The van der Waals surface area contributed by atoms with E-state index in [9.17, 15) is 0 Å². The minimum Gasteiger partial charge on any atom is -0.544 e. The Kier molecular flexibility index (Phi) is 4.19. The van der Waals surface area contributed by atoms with Gasteiger partial charge in [0.25, 0.3) is 0 Å². The third-order valence-corrected chi connectivity index (χ3v) is 5.85. The van der Waals surface area contributed by atoms with Gasteiger partial charge in [-0.25, -0.2) is 0 Å². The van der Waals surface area contributed by atoms with Crippen molar-refractivity contribution in [3.63, 3.8) is 0 Å². The molecule has 0 fully saturated rings. The molecule has 0 rings (SSSR count). The lowest BCUT2D eigenvalue weighted by molar-refractivity contribution is 0.432. The van der Waals surface area contributed by atoms with Crippen LogP contribution in [0.15, 0.2) is 25.0 Å². The topological polar surface area (TPSA) is 9.23 Å². The fourth-order valence-corrected chi connectivity index (χ4v) is 2.26. The molecule has 64 valence electrons. The average molecular weight is 170 g/mol. The quantitative estimate of drug-likeness (QED) is 0.349. The smallest absolute Gasteiger partial charge is 0.247 e. The van der Waals surface area contributed by atoms with Gasteiger partial charge in [-0.3, -0.25) is 0 Å². The summed E-state index contributed by atoms with van der Waals surface area (Å²) in [6, 6.07) is 2.27. The first-order chi connectivity index (χ1) is 5.08. The summed E-state index contributed by atoms with van der Waals surface area (Å²) >= 11 is 0. The molecule has 0 spiro atoms. The summed E-state index contributed by atoms with van der Waals surface area (Å²) in [5.74, 6) is 0.725. The molecule has 0 bridgehead atoms. The highest BCUT2D eigenvalue weighted by atomic mass is 28.4. The molecular formula is C9H18OSi. The van der Waals surface area contributed by atoms with Crippen LogP contribution in [0.1, 0.15) is 13.8 Å². The largest absolute Gasteiger partial charge is 0.544 e.